The number of hydrogen-bond donors (Lipinski definition) is 2. The third-order valence-electron chi connectivity index (χ3n) is 5.40. The maximum atomic E-state index is 12.5. The minimum absolute atomic E-state index is 0.0668. The van der Waals surface area contributed by atoms with Gasteiger partial charge in [0, 0.05) is 15.2 Å². The van der Waals surface area contributed by atoms with Crippen LogP contribution in [0.4, 0.5) is 0 Å². The molecule has 0 aliphatic carbocycles. The van der Waals surface area contributed by atoms with E-state index in [2.05, 4.69) is 59.0 Å². The number of aromatic nitrogens is 1. The summed E-state index contributed by atoms with van der Waals surface area (Å²) in [7, 11) is 0. The van der Waals surface area contributed by atoms with Crippen molar-refractivity contribution in [1.29, 1.82) is 0 Å². The molecule has 144 valence electrons. The highest BCUT2D eigenvalue weighted by molar-refractivity contribution is 9.10. The van der Waals surface area contributed by atoms with Gasteiger partial charge in [-0.1, -0.05) is 44.5 Å². The predicted molar refractivity (Wildman–Crippen MR) is 122 cm³/mol. The summed E-state index contributed by atoms with van der Waals surface area (Å²) in [5.41, 5.74) is 4.89. The molecule has 28 heavy (non-hydrogen) atoms. The molecule has 0 amide bonds. The number of rotatable bonds is 5. The fraction of sp³-hybridized carbons (Fsp3) is 0.261. The van der Waals surface area contributed by atoms with Crippen LogP contribution >= 0.6 is 27.3 Å². The highest BCUT2D eigenvalue weighted by Crippen LogP contribution is 2.40. The first kappa shape index (κ1) is 19.4. The molecule has 0 saturated heterocycles. The van der Waals surface area contributed by atoms with E-state index >= 15 is 0 Å². The molecule has 3 nitrogen and oxygen atoms in total. The molecule has 5 heteroatoms. The summed E-state index contributed by atoms with van der Waals surface area (Å²) in [5.74, 6) is 0.526. The molecule has 2 N–H and O–H groups in total. The summed E-state index contributed by atoms with van der Waals surface area (Å²) < 4.78 is 1.50. The van der Waals surface area contributed by atoms with Crippen LogP contribution in [0.2, 0.25) is 0 Å². The number of aromatic amines is 1. The van der Waals surface area contributed by atoms with E-state index in [0.717, 1.165) is 37.5 Å². The zero-order valence-electron chi connectivity index (χ0n) is 15.9. The molecular formula is C23H22BrNO2S. The van der Waals surface area contributed by atoms with Crippen LogP contribution in [0, 0.1) is 0 Å². The van der Waals surface area contributed by atoms with Crippen LogP contribution < -0.4 is 5.56 Å². The Hall–Kier alpha value is -1.95. The van der Waals surface area contributed by atoms with Gasteiger partial charge in [0.05, 0.1) is 12.1 Å². The van der Waals surface area contributed by atoms with E-state index < -0.39 is 0 Å². The van der Waals surface area contributed by atoms with Crippen molar-refractivity contribution in [3.63, 3.8) is 0 Å². The van der Waals surface area contributed by atoms with Gasteiger partial charge in [0.15, 0.2) is 0 Å². The lowest BCUT2D eigenvalue weighted by Crippen LogP contribution is -2.06. The van der Waals surface area contributed by atoms with Crippen LogP contribution in [-0.4, -0.2) is 10.1 Å². The minimum Gasteiger partial charge on any atom is -0.392 e. The number of thiophene rings is 1. The molecule has 4 rings (SSSR count). The average molecular weight is 456 g/mol. The largest absolute Gasteiger partial charge is 0.392 e. The Bertz CT molecular complexity index is 1210. The van der Waals surface area contributed by atoms with Gasteiger partial charge < -0.3 is 10.1 Å². The molecule has 0 spiro atoms. The molecule has 4 aromatic rings. The second-order valence-electron chi connectivity index (χ2n) is 7.23. The van der Waals surface area contributed by atoms with Crippen LogP contribution in [0.3, 0.4) is 0 Å². The van der Waals surface area contributed by atoms with E-state index in [1.807, 2.05) is 17.5 Å². The third-order valence-corrected chi connectivity index (χ3v) is 6.94. The monoisotopic (exact) mass is 455 g/mol. The van der Waals surface area contributed by atoms with Gasteiger partial charge in [0.1, 0.15) is 4.70 Å². The number of nitrogens with one attached hydrogen (secondary N) is 1. The van der Waals surface area contributed by atoms with Crippen molar-refractivity contribution in [2.45, 2.75) is 39.2 Å². The van der Waals surface area contributed by atoms with E-state index in [9.17, 15) is 9.90 Å². The second-order valence-corrected chi connectivity index (χ2v) is 9.00. The Morgan fingerprint density at radius 2 is 1.96 bits per heavy atom. The summed E-state index contributed by atoms with van der Waals surface area (Å²) >= 11 is 5.02. The van der Waals surface area contributed by atoms with Crippen LogP contribution in [0.5, 0.6) is 0 Å². The number of hydrogen-bond acceptors (Lipinski definition) is 3. The Labute approximate surface area is 176 Å². The summed E-state index contributed by atoms with van der Waals surface area (Å²) in [6.45, 7) is 4.40. The topological polar surface area (TPSA) is 53.1 Å². The van der Waals surface area contributed by atoms with Crippen LogP contribution in [0.1, 0.15) is 43.7 Å². The van der Waals surface area contributed by atoms with Gasteiger partial charge in [-0.3, -0.25) is 4.79 Å². The van der Waals surface area contributed by atoms with Crippen LogP contribution in [0.15, 0.2) is 51.0 Å². The number of fused-ring (bicyclic) bond motifs is 3. The summed E-state index contributed by atoms with van der Waals surface area (Å²) in [4.78, 5) is 15.5. The number of aliphatic hydroxyl groups excluding tert-OH is 1. The van der Waals surface area contributed by atoms with Crippen LogP contribution in [-0.2, 0) is 6.61 Å². The van der Waals surface area contributed by atoms with Crippen molar-refractivity contribution in [2.24, 2.45) is 0 Å². The van der Waals surface area contributed by atoms with E-state index in [4.69, 9.17) is 0 Å². The zero-order chi connectivity index (χ0) is 19.8. The van der Waals surface area contributed by atoms with Crippen molar-refractivity contribution < 1.29 is 5.11 Å². The number of H-pyrrole nitrogens is 1. The first-order valence-electron chi connectivity index (χ1n) is 9.50. The van der Waals surface area contributed by atoms with E-state index in [1.54, 1.807) is 0 Å². The van der Waals surface area contributed by atoms with E-state index in [0.29, 0.717) is 10.6 Å². The normalized spacial score (nSPS) is 12.7. The SMILES string of the molecule is CCC[C@@H](C)c1ccc(-c2c(CO)cc(Br)c3[nH]c(=O)c4sccc4c23)cc1. The fourth-order valence-electron chi connectivity index (χ4n) is 3.98. The molecule has 0 aliphatic rings. The van der Waals surface area contributed by atoms with Crippen molar-refractivity contribution in [1.82, 2.24) is 4.98 Å². The van der Waals surface area contributed by atoms with Gasteiger partial charge in [-0.25, -0.2) is 0 Å². The molecular weight excluding hydrogens is 434 g/mol. The maximum Gasteiger partial charge on any atom is 0.266 e. The average Bonchev–Trinajstić information content (AvgIpc) is 3.19. The lowest BCUT2D eigenvalue weighted by molar-refractivity contribution is 0.282. The summed E-state index contributed by atoms with van der Waals surface area (Å²) in [5, 5.41) is 13.9. The fourth-order valence-corrected chi connectivity index (χ4v) is 5.35. The molecule has 0 fully saturated rings. The molecule has 2 aromatic carbocycles. The van der Waals surface area contributed by atoms with Gasteiger partial charge in [-0.2, -0.15) is 0 Å². The molecule has 0 unspecified atom stereocenters. The van der Waals surface area contributed by atoms with Gasteiger partial charge in [-0.05, 0) is 68.0 Å². The molecule has 0 radical (unpaired) electrons. The maximum absolute atomic E-state index is 12.5. The van der Waals surface area contributed by atoms with Crippen LogP contribution in [0.25, 0.3) is 32.1 Å². The number of pyridine rings is 1. The number of benzene rings is 2. The molecule has 2 aromatic heterocycles. The second kappa shape index (κ2) is 7.82. The van der Waals surface area contributed by atoms with Gasteiger partial charge in [-0.15, -0.1) is 11.3 Å². The first-order valence-corrected chi connectivity index (χ1v) is 11.2. The smallest absolute Gasteiger partial charge is 0.266 e. The van der Waals surface area contributed by atoms with Crippen molar-refractivity contribution in [3.05, 3.63) is 67.7 Å². The van der Waals surface area contributed by atoms with Gasteiger partial charge in [0.25, 0.3) is 5.56 Å². The van der Waals surface area contributed by atoms with Gasteiger partial charge in [0.2, 0.25) is 0 Å². The highest BCUT2D eigenvalue weighted by Gasteiger charge is 2.18. The first-order chi connectivity index (χ1) is 13.5. The lowest BCUT2D eigenvalue weighted by atomic mass is 9.90. The molecule has 1 atom stereocenters. The Kier molecular flexibility index (Phi) is 5.41. The standard InChI is InChI=1S/C23H22BrNO2S/c1-3-4-13(2)14-5-7-15(8-6-14)19-16(12-26)11-18(24)21-20(19)17-9-10-28-22(17)23(27)25-21/h5-11,13,26H,3-4,12H2,1-2H3,(H,25,27)/t13-/m1/s1. The quantitative estimate of drug-likeness (QED) is 0.357. The Balaban J connectivity index is 2.02. The Morgan fingerprint density at radius 1 is 1.21 bits per heavy atom. The zero-order valence-corrected chi connectivity index (χ0v) is 18.3. The van der Waals surface area contributed by atoms with Gasteiger partial charge >= 0.3 is 0 Å². The minimum atomic E-state index is -0.0790. The molecule has 0 aliphatic heterocycles. The van der Waals surface area contributed by atoms with Crippen molar-refractivity contribution in [3.8, 4) is 11.1 Å². The summed E-state index contributed by atoms with van der Waals surface area (Å²) in [6.07, 6.45) is 2.33. The Morgan fingerprint density at radius 3 is 2.64 bits per heavy atom. The highest BCUT2D eigenvalue weighted by atomic mass is 79.9. The van der Waals surface area contributed by atoms with E-state index in [-0.39, 0.29) is 12.2 Å². The predicted octanol–water partition coefficient (Wildman–Crippen LogP) is 6.57. The number of halogens is 1. The molecule has 0 saturated carbocycles. The van der Waals surface area contributed by atoms with Crippen molar-refractivity contribution in [2.75, 3.05) is 0 Å². The summed E-state index contributed by atoms with van der Waals surface area (Å²) in [6, 6.07) is 12.5. The van der Waals surface area contributed by atoms with E-state index in [1.165, 1.54) is 29.7 Å². The lowest BCUT2D eigenvalue weighted by Gasteiger charge is -2.16. The molecule has 2 heterocycles. The third kappa shape index (κ3) is 3.21. The number of aliphatic hydroxyl groups is 1. The molecule has 0 bridgehead atoms. The van der Waals surface area contributed by atoms with Crippen molar-refractivity contribution >= 4 is 48.3 Å².